The number of rotatable bonds is 2. The van der Waals surface area contributed by atoms with E-state index < -0.39 is 0 Å². The number of anilines is 1. The maximum atomic E-state index is 12.2. The smallest absolute Gasteiger partial charge is 0.250 e. The number of imidazole rings is 1. The van der Waals surface area contributed by atoms with Crippen LogP contribution in [0.5, 0.6) is 0 Å². The molecule has 2 aliphatic rings. The second kappa shape index (κ2) is 5.71. The first-order valence-electron chi connectivity index (χ1n) is 9.21. The summed E-state index contributed by atoms with van der Waals surface area (Å²) < 4.78 is 4.14. The second-order valence-corrected chi connectivity index (χ2v) is 7.73. The molecule has 4 heterocycles. The van der Waals surface area contributed by atoms with Crippen molar-refractivity contribution in [3.63, 3.8) is 0 Å². The fourth-order valence-corrected chi connectivity index (χ4v) is 4.73. The number of hydrogen-bond donors (Lipinski definition) is 1. The summed E-state index contributed by atoms with van der Waals surface area (Å²) >= 11 is 0. The Morgan fingerprint density at radius 2 is 2.08 bits per heavy atom. The minimum atomic E-state index is 0.138. The average molecular weight is 349 g/mol. The summed E-state index contributed by atoms with van der Waals surface area (Å²) in [6.07, 6.45) is 1.18. The molecule has 0 radical (unpaired) electrons. The Labute approximate surface area is 151 Å². The van der Waals surface area contributed by atoms with Crippen LogP contribution in [-0.2, 0) is 20.1 Å². The molecule has 6 heteroatoms. The molecule has 0 aliphatic carbocycles. The molecule has 2 aliphatic heterocycles. The van der Waals surface area contributed by atoms with Gasteiger partial charge in [0.15, 0.2) is 0 Å². The van der Waals surface area contributed by atoms with Gasteiger partial charge in [-0.15, -0.1) is 0 Å². The molecule has 0 saturated carbocycles. The van der Waals surface area contributed by atoms with Crippen molar-refractivity contribution in [3.8, 4) is 0 Å². The quantitative estimate of drug-likeness (QED) is 0.718. The van der Waals surface area contributed by atoms with E-state index in [1.807, 2.05) is 28.8 Å². The topological polar surface area (TPSA) is 69.1 Å². The van der Waals surface area contributed by atoms with E-state index >= 15 is 0 Å². The second-order valence-electron chi connectivity index (χ2n) is 7.73. The third kappa shape index (κ3) is 2.44. The molecule has 6 nitrogen and oxygen atoms in total. The van der Waals surface area contributed by atoms with Crippen LogP contribution in [0.25, 0.3) is 11.0 Å². The SMILES string of the molecule is Cn1c(CN2C[C@@H]3C[C@H](C2)c2cccc(=O)n2C3)nc2cc(N)ccc21. The lowest BCUT2D eigenvalue weighted by molar-refractivity contribution is 0.111. The van der Waals surface area contributed by atoms with Gasteiger partial charge in [0.2, 0.25) is 0 Å². The summed E-state index contributed by atoms with van der Waals surface area (Å²) in [5.41, 5.74) is 10.0. The maximum Gasteiger partial charge on any atom is 0.250 e. The van der Waals surface area contributed by atoms with Crippen molar-refractivity contribution >= 4 is 16.7 Å². The van der Waals surface area contributed by atoms with Gasteiger partial charge in [0.05, 0.1) is 17.6 Å². The molecular formula is C20H23N5O. The number of pyridine rings is 1. The Morgan fingerprint density at radius 1 is 1.19 bits per heavy atom. The van der Waals surface area contributed by atoms with E-state index in [1.54, 1.807) is 6.07 Å². The van der Waals surface area contributed by atoms with Crippen molar-refractivity contribution in [3.05, 3.63) is 58.3 Å². The van der Waals surface area contributed by atoms with Gasteiger partial charge in [-0.05, 0) is 36.6 Å². The van der Waals surface area contributed by atoms with Crippen molar-refractivity contribution in [1.29, 1.82) is 0 Å². The van der Waals surface area contributed by atoms with Gasteiger partial charge in [0, 0.05) is 50.0 Å². The highest BCUT2D eigenvalue weighted by atomic mass is 16.1. The van der Waals surface area contributed by atoms with E-state index in [0.29, 0.717) is 11.8 Å². The summed E-state index contributed by atoms with van der Waals surface area (Å²) in [6, 6.07) is 11.6. The molecule has 0 unspecified atom stereocenters. The van der Waals surface area contributed by atoms with Gasteiger partial charge >= 0.3 is 0 Å². The lowest BCUT2D eigenvalue weighted by Gasteiger charge is -2.42. The molecule has 0 amide bonds. The maximum absolute atomic E-state index is 12.2. The lowest BCUT2D eigenvalue weighted by atomic mass is 9.83. The van der Waals surface area contributed by atoms with Gasteiger partial charge in [-0.2, -0.15) is 0 Å². The van der Waals surface area contributed by atoms with E-state index in [9.17, 15) is 4.79 Å². The minimum absolute atomic E-state index is 0.138. The van der Waals surface area contributed by atoms with E-state index in [0.717, 1.165) is 48.7 Å². The van der Waals surface area contributed by atoms with Crippen LogP contribution in [0, 0.1) is 5.92 Å². The minimum Gasteiger partial charge on any atom is -0.399 e. The molecule has 5 rings (SSSR count). The number of benzene rings is 1. The van der Waals surface area contributed by atoms with Crippen molar-refractivity contribution in [1.82, 2.24) is 19.0 Å². The molecule has 2 aromatic heterocycles. The number of nitrogens with zero attached hydrogens (tertiary/aromatic N) is 4. The zero-order chi connectivity index (χ0) is 17.8. The number of nitrogen functional groups attached to an aromatic ring is 1. The standard InChI is InChI=1S/C20H23N5O/c1-23-18-6-5-15(21)8-16(18)22-19(23)12-24-9-13-7-14(11-24)17-3-2-4-20(26)25(17)10-13/h2-6,8,13-14H,7,9-12,21H2,1H3/t13-,14+/m0/s1. The molecule has 1 aromatic carbocycles. The zero-order valence-corrected chi connectivity index (χ0v) is 14.9. The molecule has 26 heavy (non-hydrogen) atoms. The number of nitrogens with two attached hydrogens (primary N) is 1. The van der Waals surface area contributed by atoms with Crippen molar-refractivity contribution < 1.29 is 0 Å². The predicted molar refractivity (Wildman–Crippen MR) is 102 cm³/mol. The van der Waals surface area contributed by atoms with Crippen LogP contribution < -0.4 is 11.3 Å². The monoisotopic (exact) mass is 349 g/mol. The largest absolute Gasteiger partial charge is 0.399 e. The third-order valence-corrected chi connectivity index (χ3v) is 5.92. The molecule has 2 bridgehead atoms. The molecule has 1 saturated heterocycles. The highest BCUT2D eigenvalue weighted by Gasteiger charge is 2.34. The van der Waals surface area contributed by atoms with Gasteiger partial charge < -0.3 is 14.9 Å². The highest BCUT2D eigenvalue weighted by molar-refractivity contribution is 5.79. The summed E-state index contributed by atoms with van der Waals surface area (Å²) in [6.45, 7) is 3.66. The lowest BCUT2D eigenvalue weighted by Crippen LogP contribution is -2.46. The number of aryl methyl sites for hydroxylation is 1. The third-order valence-electron chi connectivity index (χ3n) is 5.92. The Hall–Kier alpha value is -2.60. The van der Waals surface area contributed by atoms with Crippen molar-refractivity contribution in [2.24, 2.45) is 13.0 Å². The molecule has 3 aromatic rings. The first-order valence-corrected chi connectivity index (χ1v) is 9.21. The average Bonchev–Trinajstić information content (AvgIpc) is 2.91. The molecule has 2 N–H and O–H groups in total. The van der Waals surface area contributed by atoms with E-state index in [-0.39, 0.29) is 5.56 Å². The van der Waals surface area contributed by atoms with Gasteiger partial charge in [-0.25, -0.2) is 4.98 Å². The van der Waals surface area contributed by atoms with Crippen LogP contribution >= 0.6 is 0 Å². The Morgan fingerprint density at radius 3 is 2.96 bits per heavy atom. The first-order chi connectivity index (χ1) is 12.6. The number of aromatic nitrogens is 3. The number of piperidine rings is 1. The number of fused-ring (bicyclic) bond motifs is 5. The van der Waals surface area contributed by atoms with Crippen LogP contribution in [-0.4, -0.2) is 32.1 Å². The zero-order valence-electron chi connectivity index (χ0n) is 14.9. The first kappa shape index (κ1) is 15.6. The van der Waals surface area contributed by atoms with Gasteiger partial charge in [0.1, 0.15) is 5.82 Å². The number of likely N-dealkylation sites (tertiary alicyclic amines) is 1. The fraction of sp³-hybridized carbons (Fsp3) is 0.400. The van der Waals surface area contributed by atoms with Crippen molar-refractivity contribution in [2.75, 3.05) is 18.8 Å². The summed E-state index contributed by atoms with van der Waals surface area (Å²) in [5.74, 6) is 2.03. The van der Waals surface area contributed by atoms with Crippen LogP contribution in [0.4, 0.5) is 5.69 Å². The van der Waals surface area contributed by atoms with Crippen LogP contribution in [0.15, 0.2) is 41.2 Å². The van der Waals surface area contributed by atoms with Crippen LogP contribution in [0.1, 0.15) is 23.9 Å². The predicted octanol–water partition coefficient (Wildman–Crippen LogP) is 1.94. The van der Waals surface area contributed by atoms with E-state index in [4.69, 9.17) is 10.7 Å². The van der Waals surface area contributed by atoms with E-state index in [2.05, 4.69) is 22.6 Å². The Bertz CT molecular complexity index is 1050. The Balaban J connectivity index is 1.43. The molecule has 1 fully saturated rings. The fourth-order valence-electron chi connectivity index (χ4n) is 4.73. The van der Waals surface area contributed by atoms with Gasteiger partial charge in [-0.3, -0.25) is 9.69 Å². The number of hydrogen-bond acceptors (Lipinski definition) is 4. The van der Waals surface area contributed by atoms with Crippen LogP contribution in [0.2, 0.25) is 0 Å². The molecule has 0 spiro atoms. The summed E-state index contributed by atoms with van der Waals surface area (Å²) in [7, 11) is 2.07. The summed E-state index contributed by atoms with van der Waals surface area (Å²) in [5, 5.41) is 0. The van der Waals surface area contributed by atoms with Crippen LogP contribution in [0.3, 0.4) is 0 Å². The highest BCUT2D eigenvalue weighted by Crippen LogP contribution is 2.35. The normalized spacial score (nSPS) is 22.5. The molecular weight excluding hydrogens is 326 g/mol. The molecule has 2 atom stereocenters. The summed E-state index contributed by atoms with van der Waals surface area (Å²) in [4.78, 5) is 19.5. The van der Waals surface area contributed by atoms with Gasteiger partial charge in [-0.1, -0.05) is 6.07 Å². The molecule has 134 valence electrons. The Kier molecular flexibility index (Phi) is 3.43. The van der Waals surface area contributed by atoms with E-state index in [1.165, 1.54) is 12.1 Å². The van der Waals surface area contributed by atoms with Gasteiger partial charge in [0.25, 0.3) is 5.56 Å². The van der Waals surface area contributed by atoms with Crippen molar-refractivity contribution in [2.45, 2.75) is 25.4 Å².